The summed E-state index contributed by atoms with van der Waals surface area (Å²) < 4.78 is 0. The molecule has 0 amide bonds. The van der Waals surface area contributed by atoms with E-state index in [9.17, 15) is 0 Å². The molecule has 0 aromatic heterocycles. The molecule has 0 spiro atoms. The van der Waals surface area contributed by atoms with E-state index in [1.165, 1.54) is 0 Å². The quantitative estimate of drug-likeness (QED) is 0.464. The monoisotopic (exact) mass is 96.1 g/mol. The molecule has 0 bridgehead atoms. The topological polar surface area (TPSA) is 20.2 Å². The van der Waals surface area contributed by atoms with Crippen LogP contribution in [0.2, 0.25) is 0 Å². The fourth-order valence-corrected chi connectivity index (χ4v) is 0.653. The maximum absolute atomic E-state index is 8.41. The molecular formula is C6H8O. The molecule has 38 valence electrons. The summed E-state index contributed by atoms with van der Waals surface area (Å²) in [4.78, 5) is 0. The molecule has 1 aliphatic carbocycles. The number of terminal acetylenes is 1. The Labute approximate surface area is 43.4 Å². The van der Waals surface area contributed by atoms with Crippen LogP contribution in [0.25, 0.3) is 0 Å². The van der Waals surface area contributed by atoms with Crippen LogP contribution in [0.4, 0.5) is 0 Å². The summed E-state index contributed by atoms with van der Waals surface area (Å²) in [5.74, 6) is 3.41. The molecule has 0 aliphatic heterocycles. The zero-order chi connectivity index (χ0) is 5.28. The number of hydrogen-bond donors (Lipinski definition) is 1. The summed E-state index contributed by atoms with van der Waals surface area (Å²) in [6.45, 7) is 0.273. The van der Waals surface area contributed by atoms with E-state index in [-0.39, 0.29) is 6.61 Å². The van der Waals surface area contributed by atoms with E-state index in [1.54, 1.807) is 0 Å². The van der Waals surface area contributed by atoms with Crippen LogP contribution >= 0.6 is 0 Å². The minimum Gasteiger partial charge on any atom is -0.396 e. The molecule has 0 radical (unpaired) electrons. The second kappa shape index (κ2) is 1.55. The van der Waals surface area contributed by atoms with Gasteiger partial charge in [0.1, 0.15) is 0 Å². The van der Waals surface area contributed by atoms with Gasteiger partial charge in [-0.3, -0.25) is 0 Å². The lowest BCUT2D eigenvalue weighted by Crippen LogP contribution is -1.84. The molecule has 0 aromatic carbocycles. The van der Waals surface area contributed by atoms with Gasteiger partial charge in [-0.15, -0.1) is 12.3 Å². The molecule has 1 N–H and O–H groups in total. The average molecular weight is 96.1 g/mol. The van der Waals surface area contributed by atoms with Crippen molar-refractivity contribution in [3.8, 4) is 12.3 Å². The van der Waals surface area contributed by atoms with Gasteiger partial charge in [-0.25, -0.2) is 0 Å². The Kier molecular flexibility index (Phi) is 1.04. The van der Waals surface area contributed by atoms with Crippen LogP contribution in [0.5, 0.6) is 0 Å². The maximum atomic E-state index is 8.41. The van der Waals surface area contributed by atoms with Crippen molar-refractivity contribution in [2.45, 2.75) is 6.42 Å². The van der Waals surface area contributed by atoms with Crippen molar-refractivity contribution in [2.24, 2.45) is 11.8 Å². The predicted molar refractivity (Wildman–Crippen MR) is 27.5 cm³/mol. The summed E-state index contributed by atoms with van der Waals surface area (Å²) in [5, 5.41) is 8.41. The molecule has 1 aliphatic rings. The van der Waals surface area contributed by atoms with Crippen LogP contribution in [0.1, 0.15) is 6.42 Å². The molecule has 1 fully saturated rings. The Bertz CT molecular complexity index is 101. The van der Waals surface area contributed by atoms with Crippen molar-refractivity contribution in [1.82, 2.24) is 0 Å². The van der Waals surface area contributed by atoms with Crippen LogP contribution in [0.15, 0.2) is 0 Å². The van der Waals surface area contributed by atoms with E-state index in [2.05, 4.69) is 5.92 Å². The Morgan fingerprint density at radius 2 is 2.57 bits per heavy atom. The first-order valence-electron chi connectivity index (χ1n) is 2.45. The summed E-state index contributed by atoms with van der Waals surface area (Å²) in [6.07, 6.45) is 6.07. The highest BCUT2D eigenvalue weighted by Crippen LogP contribution is 2.36. The third-order valence-electron chi connectivity index (χ3n) is 1.37. The van der Waals surface area contributed by atoms with Crippen molar-refractivity contribution < 1.29 is 5.11 Å². The lowest BCUT2D eigenvalue weighted by Gasteiger charge is -1.79. The zero-order valence-electron chi connectivity index (χ0n) is 4.09. The van der Waals surface area contributed by atoms with Gasteiger partial charge in [-0.1, -0.05) is 0 Å². The Hall–Kier alpha value is -0.480. The van der Waals surface area contributed by atoms with Crippen molar-refractivity contribution in [1.29, 1.82) is 0 Å². The normalized spacial score (nSPS) is 37.1. The minimum absolute atomic E-state index is 0.273. The third-order valence-corrected chi connectivity index (χ3v) is 1.37. The van der Waals surface area contributed by atoms with E-state index < -0.39 is 0 Å². The van der Waals surface area contributed by atoms with E-state index in [1.807, 2.05) is 0 Å². The van der Waals surface area contributed by atoms with E-state index in [0.717, 1.165) is 6.42 Å². The lowest BCUT2D eigenvalue weighted by atomic mass is 10.3. The molecule has 0 unspecified atom stereocenters. The molecule has 1 heteroatoms. The zero-order valence-corrected chi connectivity index (χ0v) is 4.09. The molecule has 0 heterocycles. The van der Waals surface area contributed by atoms with Crippen molar-refractivity contribution >= 4 is 0 Å². The van der Waals surface area contributed by atoms with E-state index in [4.69, 9.17) is 11.5 Å². The average Bonchev–Trinajstić information content (AvgIpc) is 2.43. The van der Waals surface area contributed by atoms with Crippen LogP contribution in [-0.4, -0.2) is 11.7 Å². The predicted octanol–water partition coefficient (Wildman–Crippen LogP) is 0.248. The smallest absolute Gasteiger partial charge is 0.0471 e. The van der Waals surface area contributed by atoms with Gasteiger partial charge in [0.25, 0.3) is 0 Å². The standard InChI is InChI=1S/C6H8O/c1-2-5-3-6(5)4-7/h1,5-7H,3-4H2/t5-,6-/m0/s1. The highest BCUT2D eigenvalue weighted by Gasteiger charge is 2.34. The number of hydrogen-bond acceptors (Lipinski definition) is 1. The van der Waals surface area contributed by atoms with Gasteiger partial charge in [0.2, 0.25) is 0 Å². The summed E-state index contributed by atoms with van der Waals surface area (Å²) in [7, 11) is 0. The number of rotatable bonds is 1. The SMILES string of the molecule is C#C[C@H]1C[C@H]1CO. The fourth-order valence-electron chi connectivity index (χ4n) is 0.653. The molecule has 1 nitrogen and oxygen atoms in total. The largest absolute Gasteiger partial charge is 0.396 e. The maximum Gasteiger partial charge on any atom is 0.0471 e. The first-order valence-corrected chi connectivity index (χ1v) is 2.45. The first kappa shape index (κ1) is 4.67. The van der Waals surface area contributed by atoms with E-state index in [0.29, 0.717) is 11.8 Å². The van der Waals surface area contributed by atoms with Crippen molar-refractivity contribution in [2.75, 3.05) is 6.61 Å². The van der Waals surface area contributed by atoms with Gasteiger partial charge in [-0.2, -0.15) is 0 Å². The third kappa shape index (κ3) is 0.755. The molecule has 2 atom stereocenters. The number of aliphatic hydroxyl groups is 1. The van der Waals surface area contributed by atoms with Crippen LogP contribution in [0.3, 0.4) is 0 Å². The fraction of sp³-hybridized carbons (Fsp3) is 0.667. The molecule has 0 saturated heterocycles. The minimum atomic E-state index is 0.273. The summed E-state index contributed by atoms with van der Waals surface area (Å²) >= 11 is 0. The second-order valence-corrected chi connectivity index (χ2v) is 1.95. The summed E-state index contributed by atoms with van der Waals surface area (Å²) in [5.41, 5.74) is 0. The van der Waals surface area contributed by atoms with Crippen LogP contribution in [0, 0.1) is 24.2 Å². The molecule has 0 aromatic rings. The summed E-state index contributed by atoms with van der Waals surface area (Å²) in [6, 6.07) is 0. The molecular weight excluding hydrogens is 88.1 g/mol. The van der Waals surface area contributed by atoms with Gasteiger partial charge in [0.05, 0.1) is 0 Å². The van der Waals surface area contributed by atoms with Gasteiger partial charge < -0.3 is 5.11 Å². The van der Waals surface area contributed by atoms with Gasteiger partial charge in [0.15, 0.2) is 0 Å². The van der Waals surface area contributed by atoms with Crippen molar-refractivity contribution in [3.05, 3.63) is 0 Å². The van der Waals surface area contributed by atoms with Gasteiger partial charge in [-0.05, 0) is 12.3 Å². The van der Waals surface area contributed by atoms with E-state index >= 15 is 0 Å². The second-order valence-electron chi connectivity index (χ2n) is 1.95. The van der Waals surface area contributed by atoms with Crippen LogP contribution in [-0.2, 0) is 0 Å². The molecule has 7 heavy (non-hydrogen) atoms. The Balaban J connectivity index is 2.21. The highest BCUT2D eigenvalue weighted by atomic mass is 16.3. The van der Waals surface area contributed by atoms with Gasteiger partial charge >= 0.3 is 0 Å². The van der Waals surface area contributed by atoms with Gasteiger partial charge in [0, 0.05) is 12.5 Å². The Morgan fingerprint density at radius 3 is 2.71 bits per heavy atom. The molecule has 1 saturated carbocycles. The number of aliphatic hydroxyl groups excluding tert-OH is 1. The first-order chi connectivity index (χ1) is 3.38. The van der Waals surface area contributed by atoms with Crippen LogP contribution < -0.4 is 0 Å². The molecule has 1 rings (SSSR count). The van der Waals surface area contributed by atoms with Crippen molar-refractivity contribution in [3.63, 3.8) is 0 Å². The lowest BCUT2D eigenvalue weighted by molar-refractivity contribution is 0.273. The highest BCUT2D eigenvalue weighted by molar-refractivity contribution is 5.06. The Morgan fingerprint density at radius 1 is 1.86 bits per heavy atom.